The van der Waals surface area contributed by atoms with Gasteiger partial charge in [0.25, 0.3) is 0 Å². The molecule has 0 aromatic heterocycles. The average molecular weight is 335 g/mol. The van der Waals surface area contributed by atoms with Crippen LogP contribution in [0.3, 0.4) is 0 Å². The Balaban J connectivity index is 1.88. The third-order valence-corrected chi connectivity index (χ3v) is 4.14. The predicted octanol–water partition coefficient (Wildman–Crippen LogP) is 6.57. The monoisotopic (exact) mass is 335 g/mol. The normalized spacial score (nSPS) is 12.0. The summed E-state index contributed by atoms with van der Waals surface area (Å²) in [5, 5.41) is 17.2. The van der Waals surface area contributed by atoms with Crippen LogP contribution in [0.2, 0.25) is 0 Å². The van der Waals surface area contributed by atoms with Crippen LogP contribution in [0, 0.1) is 17.2 Å². The summed E-state index contributed by atoms with van der Waals surface area (Å²) in [5.74, 6) is 1.49. The van der Waals surface area contributed by atoms with E-state index >= 15 is 0 Å². The molecule has 4 nitrogen and oxygen atoms in total. The number of benzene rings is 2. The first kappa shape index (κ1) is 18.7. The summed E-state index contributed by atoms with van der Waals surface area (Å²) >= 11 is 0. The molecule has 0 aliphatic rings. The lowest BCUT2D eigenvalue weighted by atomic mass is 10.0. The second-order valence-corrected chi connectivity index (χ2v) is 6.08. The zero-order chi connectivity index (χ0) is 17.9. The lowest BCUT2D eigenvalue weighted by Gasteiger charge is -2.15. The lowest BCUT2D eigenvalue weighted by Crippen LogP contribution is -2.11. The van der Waals surface area contributed by atoms with Crippen LogP contribution in [0.1, 0.15) is 45.1 Å². The van der Waals surface area contributed by atoms with Gasteiger partial charge in [-0.2, -0.15) is 15.5 Å². The van der Waals surface area contributed by atoms with Gasteiger partial charge in [0.2, 0.25) is 0 Å². The van der Waals surface area contributed by atoms with E-state index in [1.165, 1.54) is 19.3 Å². The predicted molar refractivity (Wildman–Crippen MR) is 101 cm³/mol. The van der Waals surface area contributed by atoms with Gasteiger partial charge in [-0.1, -0.05) is 33.1 Å². The minimum Gasteiger partial charge on any atom is -0.493 e. The van der Waals surface area contributed by atoms with Gasteiger partial charge in [0, 0.05) is 0 Å². The molecule has 0 aliphatic heterocycles. The van der Waals surface area contributed by atoms with E-state index in [1.807, 2.05) is 24.3 Å². The van der Waals surface area contributed by atoms with Crippen LogP contribution in [-0.4, -0.2) is 6.61 Å². The summed E-state index contributed by atoms with van der Waals surface area (Å²) in [7, 11) is 0. The van der Waals surface area contributed by atoms with Gasteiger partial charge in [-0.25, -0.2) is 0 Å². The van der Waals surface area contributed by atoms with Crippen LogP contribution in [0.5, 0.6) is 5.75 Å². The summed E-state index contributed by atoms with van der Waals surface area (Å²) in [6.45, 7) is 5.21. The van der Waals surface area contributed by atoms with Crippen molar-refractivity contribution >= 4 is 11.4 Å². The second-order valence-electron chi connectivity index (χ2n) is 6.08. The van der Waals surface area contributed by atoms with Crippen molar-refractivity contribution in [3.8, 4) is 11.8 Å². The number of rotatable bonds is 9. The molecule has 0 saturated carbocycles. The zero-order valence-electron chi connectivity index (χ0n) is 15.0. The molecule has 4 heteroatoms. The number of hydrogen-bond acceptors (Lipinski definition) is 4. The largest absolute Gasteiger partial charge is 0.493 e. The molecular formula is C21H25N3O. The van der Waals surface area contributed by atoms with Gasteiger partial charge in [-0.15, -0.1) is 0 Å². The molecular weight excluding hydrogens is 310 g/mol. The Morgan fingerprint density at radius 1 is 0.960 bits per heavy atom. The standard InChI is InChI=1S/C21H25N3O/c1-3-5-6-17(4-2)16-25-21-13-11-20(12-14-21)24-23-19-9-7-18(15-22)8-10-19/h7-14,17H,3-6,16H2,1-2H3/b24-23+. The SMILES string of the molecule is CCCCC(CC)COc1ccc(/N=N/c2ccc(C#N)cc2)cc1. The summed E-state index contributed by atoms with van der Waals surface area (Å²) < 4.78 is 5.90. The van der Waals surface area contributed by atoms with Crippen LogP contribution in [0.25, 0.3) is 0 Å². The van der Waals surface area contributed by atoms with Crippen molar-refractivity contribution in [2.75, 3.05) is 6.61 Å². The maximum absolute atomic E-state index is 8.78. The van der Waals surface area contributed by atoms with Crippen molar-refractivity contribution in [2.24, 2.45) is 16.1 Å². The highest BCUT2D eigenvalue weighted by atomic mass is 16.5. The third-order valence-electron chi connectivity index (χ3n) is 4.14. The maximum atomic E-state index is 8.78. The van der Waals surface area contributed by atoms with Gasteiger partial charge in [-0.05, 0) is 60.9 Å². The van der Waals surface area contributed by atoms with E-state index in [9.17, 15) is 0 Å². The summed E-state index contributed by atoms with van der Waals surface area (Å²) in [6.07, 6.45) is 4.87. The Bertz CT molecular complexity index is 699. The van der Waals surface area contributed by atoms with Crippen LogP contribution < -0.4 is 4.74 Å². The number of azo groups is 1. The van der Waals surface area contributed by atoms with Gasteiger partial charge in [-0.3, -0.25) is 0 Å². The van der Waals surface area contributed by atoms with E-state index in [4.69, 9.17) is 10.00 Å². The summed E-state index contributed by atoms with van der Waals surface area (Å²) in [5.41, 5.74) is 2.11. The van der Waals surface area contributed by atoms with Gasteiger partial charge >= 0.3 is 0 Å². The Morgan fingerprint density at radius 2 is 1.56 bits per heavy atom. The molecule has 2 rings (SSSR count). The third kappa shape index (κ3) is 6.39. The fraction of sp³-hybridized carbons (Fsp3) is 0.381. The molecule has 0 bridgehead atoms. The molecule has 0 heterocycles. The van der Waals surface area contributed by atoms with Crippen molar-refractivity contribution in [1.82, 2.24) is 0 Å². The Hall–Kier alpha value is -2.67. The fourth-order valence-corrected chi connectivity index (χ4v) is 2.44. The van der Waals surface area contributed by atoms with Gasteiger partial charge in [0.05, 0.1) is 29.6 Å². The first-order valence-electron chi connectivity index (χ1n) is 8.90. The molecule has 130 valence electrons. The number of unbranched alkanes of at least 4 members (excludes halogenated alkanes) is 1. The van der Waals surface area contributed by atoms with Crippen molar-refractivity contribution in [3.05, 3.63) is 54.1 Å². The van der Waals surface area contributed by atoms with Crippen LogP contribution in [0.4, 0.5) is 11.4 Å². The van der Waals surface area contributed by atoms with E-state index in [1.54, 1.807) is 24.3 Å². The van der Waals surface area contributed by atoms with E-state index in [0.717, 1.165) is 30.2 Å². The lowest BCUT2D eigenvalue weighted by molar-refractivity contribution is 0.233. The molecule has 0 spiro atoms. The Kier molecular flexibility index (Phi) is 7.65. The number of nitrogens with zero attached hydrogens (tertiary/aromatic N) is 3. The highest BCUT2D eigenvalue weighted by Crippen LogP contribution is 2.22. The quantitative estimate of drug-likeness (QED) is 0.487. The molecule has 0 fully saturated rings. The van der Waals surface area contributed by atoms with Crippen molar-refractivity contribution in [3.63, 3.8) is 0 Å². The molecule has 25 heavy (non-hydrogen) atoms. The minimum absolute atomic E-state index is 0.616. The maximum Gasteiger partial charge on any atom is 0.119 e. The molecule has 1 unspecified atom stereocenters. The highest BCUT2D eigenvalue weighted by Gasteiger charge is 2.06. The summed E-state index contributed by atoms with van der Waals surface area (Å²) in [4.78, 5) is 0. The zero-order valence-corrected chi connectivity index (χ0v) is 15.0. The second kappa shape index (κ2) is 10.2. The number of nitriles is 1. The Labute approximate surface area is 150 Å². The first-order chi connectivity index (χ1) is 12.2. The van der Waals surface area contributed by atoms with Crippen LogP contribution in [0.15, 0.2) is 58.8 Å². The van der Waals surface area contributed by atoms with Crippen molar-refractivity contribution in [1.29, 1.82) is 5.26 Å². The van der Waals surface area contributed by atoms with E-state index in [0.29, 0.717) is 11.5 Å². The van der Waals surface area contributed by atoms with Gasteiger partial charge < -0.3 is 4.74 Å². The van der Waals surface area contributed by atoms with E-state index in [2.05, 4.69) is 30.1 Å². The molecule has 2 aromatic rings. The van der Waals surface area contributed by atoms with Crippen LogP contribution in [-0.2, 0) is 0 Å². The molecule has 0 amide bonds. The smallest absolute Gasteiger partial charge is 0.119 e. The van der Waals surface area contributed by atoms with Gasteiger partial charge in [0.1, 0.15) is 5.75 Å². The fourth-order valence-electron chi connectivity index (χ4n) is 2.44. The van der Waals surface area contributed by atoms with E-state index in [-0.39, 0.29) is 0 Å². The van der Waals surface area contributed by atoms with Crippen LogP contribution >= 0.6 is 0 Å². The topological polar surface area (TPSA) is 57.7 Å². The summed E-state index contributed by atoms with van der Waals surface area (Å²) in [6, 6.07) is 16.8. The van der Waals surface area contributed by atoms with Crippen molar-refractivity contribution in [2.45, 2.75) is 39.5 Å². The highest BCUT2D eigenvalue weighted by molar-refractivity contribution is 5.44. The van der Waals surface area contributed by atoms with E-state index < -0.39 is 0 Å². The van der Waals surface area contributed by atoms with Crippen molar-refractivity contribution < 1.29 is 4.74 Å². The minimum atomic E-state index is 0.616. The Morgan fingerprint density at radius 3 is 2.08 bits per heavy atom. The number of ether oxygens (including phenoxy) is 1. The van der Waals surface area contributed by atoms with Gasteiger partial charge in [0.15, 0.2) is 0 Å². The molecule has 0 radical (unpaired) electrons. The first-order valence-corrected chi connectivity index (χ1v) is 8.90. The number of hydrogen-bond donors (Lipinski definition) is 0. The molecule has 1 atom stereocenters. The molecule has 2 aromatic carbocycles. The molecule has 0 saturated heterocycles. The average Bonchev–Trinajstić information content (AvgIpc) is 2.68. The molecule has 0 aliphatic carbocycles. The molecule has 0 N–H and O–H groups in total.